The summed E-state index contributed by atoms with van der Waals surface area (Å²) in [5.41, 5.74) is 0.813. The summed E-state index contributed by atoms with van der Waals surface area (Å²) in [4.78, 5) is 16.6. The van der Waals surface area contributed by atoms with E-state index in [0.717, 1.165) is 18.5 Å². The highest BCUT2D eigenvalue weighted by Crippen LogP contribution is 2.24. The van der Waals surface area contributed by atoms with Crippen LogP contribution in [0.2, 0.25) is 0 Å². The van der Waals surface area contributed by atoms with Gasteiger partial charge in [-0.15, -0.1) is 0 Å². The highest BCUT2D eigenvalue weighted by Gasteiger charge is 2.22. The monoisotopic (exact) mass is 258 g/mol. The van der Waals surface area contributed by atoms with Gasteiger partial charge in [0.25, 0.3) is 0 Å². The molecule has 0 aliphatic heterocycles. The number of hydrogen-bond donors (Lipinski definition) is 2. The molecule has 0 unspecified atom stereocenters. The normalized spacial score (nSPS) is 13.9. The average Bonchev–Trinajstić information content (AvgIpc) is 3.23. The van der Waals surface area contributed by atoms with E-state index < -0.39 is 0 Å². The number of pyridine rings is 1. The summed E-state index contributed by atoms with van der Waals surface area (Å²) < 4.78 is 5.08. The molecular formula is C12H14N6O. The second-order valence-corrected chi connectivity index (χ2v) is 4.25. The second-order valence-electron chi connectivity index (χ2n) is 4.25. The number of methoxy groups -OCH3 is 1. The molecule has 98 valence electrons. The summed E-state index contributed by atoms with van der Waals surface area (Å²) in [6.07, 6.45) is 5.71. The molecule has 0 amide bonds. The van der Waals surface area contributed by atoms with Crippen LogP contribution in [0.25, 0.3) is 0 Å². The topological polar surface area (TPSA) is 84.8 Å². The molecule has 0 aromatic carbocycles. The van der Waals surface area contributed by atoms with Crippen molar-refractivity contribution in [2.75, 3.05) is 17.7 Å². The van der Waals surface area contributed by atoms with Gasteiger partial charge in [-0.1, -0.05) is 0 Å². The molecule has 2 heterocycles. The minimum absolute atomic E-state index is 0.282. The van der Waals surface area contributed by atoms with Gasteiger partial charge in [0, 0.05) is 12.2 Å². The second kappa shape index (κ2) is 5.05. The molecule has 19 heavy (non-hydrogen) atoms. The van der Waals surface area contributed by atoms with Crippen LogP contribution in [-0.2, 0) is 0 Å². The van der Waals surface area contributed by atoms with Crippen LogP contribution >= 0.6 is 0 Å². The van der Waals surface area contributed by atoms with Crippen LogP contribution in [0.15, 0.2) is 24.5 Å². The fourth-order valence-electron chi connectivity index (χ4n) is 1.54. The summed E-state index contributed by atoms with van der Waals surface area (Å²) in [5.74, 6) is 0.962. The van der Waals surface area contributed by atoms with Gasteiger partial charge in [0.15, 0.2) is 0 Å². The Balaban J connectivity index is 1.82. The van der Waals surface area contributed by atoms with Crippen molar-refractivity contribution in [3.63, 3.8) is 0 Å². The van der Waals surface area contributed by atoms with Crippen LogP contribution in [0.5, 0.6) is 6.01 Å². The van der Waals surface area contributed by atoms with Crippen LogP contribution in [0.4, 0.5) is 17.6 Å². The largest absolute Gasteiger partial charge is 0.467 e. The Morgan fingerprint density at radius 3 is 2.74 bits per heavy atom. The van der Waals surface area contributed by atoms with Crippen LogP contribution in [0, 0.1) is 0 Å². The highest BCUT2D eigenvalue weighted by molar-refractivity contribution is 5.52. The number of nitrogens with zero attached hydrogens (tertiary/aromatic N) is 4. The van der Waals surface area contributed by atoms with E-state index in [0.29, 0.717) is 17.9 Å². The summed E-state index contributed by atoms with van der Waals surface area (Å²) in [5, 5.41) is 6.29. The molecule has 1 aliphatic carbocycles. The first-order valence-corrected chi connectivity index (χ1v) is 6.07. The Kier molecular flexibility index (Phi) is 3.09. The maximum atomic E-state index is 5.08. The van der Waals surface area contributed by atoms with Gasteiger partial charge in [-0.2, -0.15) is 15.0 Å². The molecule has 1 aliphatic rings. The molecule has 7 heteroatoms. The summed E-state index contributed by atoms with van der Waals surface area (Å²) in [6, 6.07) is 4.48. The summed E-state index contributed by atoms with van der Waals surface area (Å²) >= 11 is 0. The SMILES string of the molecule is COc1nc(Nc2cccnc2)nc(NC2CC2)n1. The minimum atomic E-state index is 0.282. The van der Waals surface area contributed by atoms with E-state index >= 15 is 0 Å². The van der Waals surface area contributed by atoms with Crippen molar-refractivity contribution in [1.82, 2.24) is 19.9 Å². The lowest BCUT2D eigenvalue weighted by molar-refractivity contribution is 0.379. The fourth-order valence-corrected chi connectivity index (χ4v) is 1.54. The van der Waals surface area contributed by atoms with Crippen LogP contribution in [0.3, 0.4) is 0 Å². The van der Waals surface area contributed by atoms with Crippen molar-refractivity contribution in [3.8, 4) is 6.01 Å². The van der Waals surface area contributed by atoms with Crippen molar-refractivity contribution in [2.45, 2.75) is 18.9 Å². The van der Waals surface area contributed by atoms with E-state index in [1.807, 2.05) is 12.1 Å². The van der Waals surface area contributed by atoms with Crippen LogP contribution < -0.4 is 15.4 Å². The zero-order valence-electron chi connectivity index (χ0n) is 10.5. The van der Waals surface area contributed by atoms with Crippen LogP contribution in [-0.4, -0.2) is 33.1 Å². The number of nitrogens with one attached hydrogen (secondary N) is 2. The Morgan fingerprint density at radius 2 is 2.05 bits per heavy atom. The average molecular weight is 258 g/mol. The van der Waals surface area contributed by atoms with Crippen molar-refractivity contribution in [2.24, 2.45) is 0 Å². The number of hydrogen-bond acceptors (Lipinski definition) is 7. The van der Waals surface area contributed by atoms with Gasteiger partial charge in [0.1, 0.15) is 0 Å². The molecule has 0 saturated heterocycles. The predicted molar refractivity (Wildman–Crippen MR) is 70.5 cm³/mol. The van der Waals surface area contributed by atoms with Gasteiger partial charge in [0.2, 0.25) is 11.9 Å². The molecule has 0 atom stereocenters. The third-order valence-electron chi connectivity index (χ3n) is 2.63. The molecule has 3 rings (SSSR count). The van der Waals surface area contributed by atoms with E-state index in [-0.39, 0.29) is 6.01 Å². The van der Waals surface area contributed by atoms with E-state index in [4.69, 9.17) is 4.74 Å². The number of anilines is 3. The van der Waals surface area contributed by atoms with Crippen molar-refractivity contribution < 1.29 is 4.74 Å². The lowest BCUT2D eigenvalue weighted by atomic mass is 10.4. The number of rotatable bonds is 5. The quantitative estimate of drug-likeness (QED) is 0.842. The lowest BCUT2D eigenvalue weighted by Crippen LogP contribution is -2.09. The Morgan fingerprint density at radius 1 is 1.21 bits per heavy atom. The van der Waals surface area contributed by atoms with Gasteiger partial charge < -0.3 is 15.4 Å². The maximum Gasteiger partial charge on any atom is 0.322 e. The van der Waals surface area contributed by atoms with Crippen molar-refractivity contribution in [3.05, 3.63) is 24.5 Å². The molecule has 1 saturated carbocycles. The first kappa shape index (κ1) is 11.6. The third kappa shape index (κ3) is 3.06. The van der Waals surface area contributed by atoms with E-state index in [9.17, 15) is 0 Å². The molecular weight excluding hydrogens is 244 g/mol. The molecule has 0 radical (unpaired) electrons. The van der Waals surface area contributed by atoms with E-state index in [1.165, 1.54) is 7.11 Å². The van der Waals surface area contributed by atoms with Crippen molar-refractivity contribution >= 4 is 17.6 Å². The molecule has 7 nitrogen and oxygen atoms in total. The highest BCUT2D eigenvalue weighted by atomic mass is 16.5. The molecule has 1 fully saturated rings. The molecule has 0 bridgehead atoms. The standard InChI is InChI=1S/C12H14N6O/c1-19-12-17-10(14-8-4-5-8)16-11(18-12)15-9-3-2-6-13-7-9/h2-3,6-8H,4-5H2,1H3,(H2,14,15,16,17,18). The van der Waals surface area contributed by atoms with Crippen molar-refractivity contribution in [1.29, 1.82) is 0 Å². The van der Waals surface area contributed by atoms with Gasteiger partial charge >= 0.3 is 6.01 Å². The van der Waals surface area contributed by atoms with Gasteiger partial charge in [0.05, 0.1) is 19.0 Å². The zero-order valence-corrected chi connectivity index (χ0v) is 10.5. The third-order valence-corrected chi connectivity index (χ3v) is 2.63. The maximum absolute atomic E-state index is 5.08. The molecule has 2 N–H and O–H groups in total. The Hall–Kier alpha value is -2.44. The Labute approximate surface area is 110 Å². The Bertz CT molecular complexity index is 557. The minimum Gasteiger partial charge on any atom is -0.467 e. The summed E-state index contributed by atoms with van der Waals surface area (Å²) in [6.45, 7) is 0. The molecule has 2 aromatic rings. The number of ether oxygens (including phenoxy) is 1. The smallest absolute Gasteiger partial charge is 0.322 e. The van der Waals surface area contributed by atoms with E-state index in [2.05, 4.69) is 30.6 Å². The van der Waals surface area contributed by atoms with Crippen LogP contribution in [0.1, 0.15) is 12.8 Å². The van der Waals surface area contributed by atoms with Gasteiger partial charge in [-0.05, 0) is 25.0 Å². The first-order chi connectivity index (χ1) is 9.33. The summed E-state index contributed by atoms with van der Waals surface area (Å²) in [7, 11) is 1.53. The predicted octanol–water partition coefficient (Wildman–Crippen LogP) is 1.59. The van der Waals surface area contributed by atoms with Gasteiger partial charge in [-0.25, -0.2) is 0 Å². The fraction of sp³-hybridized carbons (Fsp3) is 0.333. The molecule has 2 aromatic heterocycles. The zero-order chi connectivity index (χ0) is 13.1. The van der Waals surface area contributed by atoms with Gasteiger partial charge in [-0.3, -0.25) is 4.98 Å². The van der Waals surface area contributed by atoms with E-state index in [1.54, 1.807) is 12.4 Å². The first-order valence-electron chi connectivity index (χ1n) is 6.07. The lowest BCUT2D eigenvalue weighted by Gasteiger charge is -2.08. The number of aromatic nitrogens is 4. The molecule has 0 spiro atoms.